The van der Waals surface area contributed by atoms with E-state index in [9.17, 15) is 0 Å². The lowest BCUT2D eigenvalue weighted by atomic mass is 9.99. The maximum Gasteiger partial charge on any atom is 0.220 e. The highest BCUT2D eigenvalue weighted by molar-refractivity contribution is 8.22. The van der Waals surface area contributed by atoms with Crippen molar-refractivity contribution in [3.8, 4) is 0 Å². The first-order chi connectivity index (χ1) is 14.6. The van der Waals surface area contributed by atoms with Crippen LogP contribution in [0.1, 0.15) is 18.1 Å². The van der Waals surface area contributed by atoms with Gasteiger partial charge in [0.2, 0.25) is 4.38 Å². The van der Waals surface area contributed by atoms with Crippen LogP contribution in [0.4, 0.5) is 0 Å². The molecule has 1 heterocycles. The summed E-state index contributed by atoms with van der Waals surface area (Å²) in [6, 6.07) is 20.0. The Kier molecular flexibility index (Phi) is 9.11. The largest absolute Gasteiger partial charge is 0.469 e. The van der Waals surface area contributed by atoms with Crippen molar-refractivity contribution < 1.29 is 23.7 Å². The third-order valence-electron chi connectivity index (χ3n) is 4.93. The third kappa shape index (κ3) is 6.26. The maximum atomic E-state index is 6.26. The van der Waals surface area contributed by atoms with Crippen molar-refractivity contribution in [1.82, 2.24) is 0 Å². The van der Waals surface area contributed by atoms with Gasteiger partial charge in [-0.05, 0) is 36.5 Å². The Hall–Kier alpha value is -1.48. The van der Waals surface area contributed by atoms with Crippen molar-refractivity contribution >= 4 is 28.4 Å². The molecule has 5 nitrogen and oxygen atoms in total. The zero-order chi connectivity index (χ0) is 21.3. The van der Waals surface area contributed by atoms with Gasteiger partial charge in [0.1, 0.15) is 12.2 Å². The second kappa shape index (κ2) is 11.8. The van der Waals surface area contributed by atoms with Gasteiger partial charge in [0, 0.05) is 7.11 Å². The summed E-state index contributed by atoms with van der Waals surface area (Å²) in [5, 5.41) is 0. The summed E-state index contributed by atoms with van der Waals surface area (Å²) in [4.78, 5) is 0. The van der Waals surface area contributed by atoms with Gasteiger partial charge in [-0.1, -0.05) is 72.4 Å². The molecule has 1 aliphatic rings. The predicted molar refractivity (Wildman–Crippen MR) is 122 cm³/mol. The van der Waals surface area contributed by atoms with E-state index in [2.05, 4.69) is 0 Å². The fraction of sp³-hybridized carbons (Fsp3) is 0.435. The van der Waals surface area contributed by atoms with E-state index in [4.69, 9.17) is 35.9 Å². The van der Waals surface area contributed by atoms with Gasteiger partial charge in [-0.3, -0.25) is 0 Å². The molecule has 7 heteroatoms. The summed E-state index contributed by atoms with van der Waals surface area (Å²) in [7, 11) is 1.60. The van der Waals surface area contributed by atoms with Crippen LogP contribution in [-0.4, -0.2) is 48.5 Å². The molecule has 162 valence electrons. The van der Waals surface area contributed by atoms with E-state index in [0.29, 0.717) is 17.6 Å². The van der Waals surface area contributed by atoms with Gasteiger partial charge in [0.25, 0.3) is 0 Å². The molecule has 5 atom stereocenters. The third-order valence-corrected chi connectivity index (χ3v) is 5.95. The molecule has 30 heavy (non-hydrogen) atoms. The van der Waals surface area contributed by atoms with E-state index in [0.717, 1.165) is 11.1 Å². The molecule has 0 unspecified atom stereocenters. The Morgan fingerprint density at radius 3 is 1.93 bits per heavy atom. The molecule has 1 saturated heterocycles. The molecule has 0 spiro atoms. The summed E-state index contributed by atoms with van der Waals surface area (Å²) in [5.41, 5.74) is 2.13. The van der Waals surface area contributed by atoms with Crippen LogP contribution in [-0.2, 0) is 36.9 Å². The van der Waals surface area contributed by atoms with E-state index in [1.54, 1.807) is 7.11 Å². The van der Waals surface area contributed by atoms with Crippen molar-refractivity contribution in [2.75, 3.05) is 13.4 Å². The Balaban J connectivity index is 1.78. The lowest BCUT2D eigenvalue weighted by Gasteiger charge is -2.44. The Morgan fingerprint density at radius 2 is 1.43 bits per heavy atom. The SMILES string of the molecule is CO[C@H]1O[C@H](C)[C@@H](OCc2ccccc2)[C@H](OC(=S)SC)[C@@H]1OCc1ccccc1. The summed E-state index contributed by atoms with van der Waals surface area (Å²) < 4.78 is 30.7. The van der Waals surface area contributed by atoms with E-state index in [1.165, 1.54) is 11.8 Å². The number of hydrogen-bond acceptors (Lipinski definition) is 7. The molecule has 2 aromatic rings. The lowest BCUT2D eigenvalue weighted by Crippen LogP contribution is -2.60. The standard InChI is InChI=1S/C23H28O5S2/c1-16-19(25-14-17-10-6-4-7-11-17)20(28-23(29)30-3)21(22(24-2)27-16)26-15-18-12-8-5-9-13-18/h4-13,16,19-22H,14-15H2,1-3H3/t16-,19-,20+,21+,22+/m1/s1. The molecule has 0 amide bonds. The average molecular weight is 449 g/mol. The van der Waals surface area contributed by atoms with Gasteiger partial charge in [-0.2, -0.15) is 0 Å². The van der Waals surface area contributed by atoms with Gasteiger partial charge in [0.15, 0.2) is 12.4 Å². The van der Waals surface area contributed by atoms with Crippen molar-refractivity contribution in [2.24, 2.45) is 0 Å². The van der Waals surface area contributed by atoms with Gasteiger partial charge >= 0.3 is 0 Å². The van der Waals surface area contributed by atoms with Crippen molar-refractivity contribution in [2.45, 2.75) is 50.8 Å². The fourth-order valence-corrected chi connectivity index (χ4v) is 3.71. The molecule has 3 rings (SSSR count). The topological polar surface area (TPSA) is 46.2 Å². The smallest absolute Gasteiger partial charge is 0.220 e. The Morgan fingerprint density at radius 1 is 0.900 bits per heavy atom. The molecule has 0 radical (unpaired) electrons. The second-order valence-electron chi connectivity index (χ2n) is 7.00. The van der Waals surface area contributed by atoms with Crippen LogP contribution >= 0.6 is 24.0 Å². The number of hydrogen-bond donors (Lipinski definition) is 0. The maximum absolute atomic E-state index is 6.26. The molecule has 2 aromatic carbocycles. The molecular weight excluding hydrogens is 420 g/mol. The van der Waals surface area contributed by atoms with Crippen molar-refractivity contribution in [1.29, 1.82) is 0 Å². The molecular formula is C23H28O5S2. The molecule has 0 saturated carbocycles. The Labute approximate surface area is 188 Å². The van der Waals surface area contributed by atoms with E-state index < -0.39 is 18.5 Å². The summed E-state index contributed by atoms with van der Waals surface area (Å²) in [6.07, 6.45) is -0.302. The van der Waals surface area contributed by atoms with Gasteiger partial charge < -0.3 is 23.7 Å². The van der Waals surface area contributed by atoms with Crippen LogP contribution in [0.3, 0.4) is 0 Å². The molecule has 0 aliphatic carbocycles. The van der Waals surface area contributed by atoms with Crippen LogP contribution in [0.5, 0.6) is 0 Å². The van der Waals surface area contributed by atoms with Crippen LogP contribution in [0.2, 0.25) is 0 Å². The van der Waals surface area contributed by atoms with Crippen LogP contribution < -0.4 is 0 Å². The van der Waals surface area contributed by atoms with Crippen LogP contribution in [0, 0.1) is 0 Å². The minimum absolute atomic E-state index is 0.259. The fourth-order valence-electron chi connectivity index (χ4n) is 3.40. The highest BCUT2D eigenvalue weighted by atomic mass is 32.2. The molecule has 0 aromatic heterocycles. The average Bonchev–Trinajstić information content (AvgIpc) is 2.79. The zero-order valence-corrected chi connectivity index (χ0v) is 19.1. The number of methoxy groups -OCH3 is 1. The van der Waals surface area contributed by atoms with Crippen molar-refractivity contribution in [3.05, 3.63) is 71.8 Å². The van der Waals surface area contributed by atoms with Gasteiger partial charge in [-0.25, -0.2) is 0 Å². The van der Waals surface area contributed by atoms with Crippen molar-refractivity contribution in [3.63, 3.8) is 0 Å². The minimum atomic E-state index is -0.588. The minimum Gasteiger partial charge on any atom is -0.469 e. The lowest BCUT2D eigenvalue weighted by molar-refractivity contribution is -0.302. The van der Waals surface area contributed by atoms with Gasteiger partial charge in [0.05, 0.1) is 19.3 Å². The number of ether oxygens (including phenoxy) is 5. The van der Waals surface area contributed by atoms with Crippen LogP contribution in [0.25, 0.3) is 0 Å². The van der Waals surface area contributed by atoms with E-state index in [-0.39, 0.29) is 12.2 Å². The van der Waals surface area contributed by atoms with Crippen LogP contribution in [0.15, 0.2) is 60.7 Å². The molecule has 0 N–H and O–H groups in total. The first kappa shape index (κ1) is 23.2. The number of benzene rings is 2. The number of thioether (sulfide) groups is 1. The zero-order valence-electron chi connectivity index (χ0n) is 17.4. The monoisotopic (exact) mass is 448 g/mol. The summed E-state index contributed by atoms with van der Waals surface area (Å²) in [5.74, 6) is 0. The normalized spacial score (nSPS) is 26.3. The quantitative estimate of drug-likeness (QED) is 0.548. The summed E-state index contributed by atoms with van der Waals surface area (Å²) in [6.45, 7) is 2.79. The molecule has 1 fully saturated rings. The van der Waals surface area contributed by atoms with Gasteiger partial charge in [-0.15, -0.1) is 0 Å². The highest BCUT2D eigenvalue weighted by Gasteiger charge is 2.48. The molecule has 0 bridgehead atoms. The Bertz CT molecular complexity index is 774. The first-order valence-corrected chi connectivity index (χ1v) is 11.5. The highest BCUT2D eigenvalue weighted by Crippen LogP contribution is 2.30. The number of thiocarbonyl (C=S) groups is 1. The summed E-state index contributed by atoms with van der Waals surface area (Å²) >= 11 is 6.74. The van der Waals surface area contributed by atoms with E-state index in [1.807, 2.05) is 73.8 Å². The van der Waals surface area contributed by atoms with E-state index >= 15 is 0 Å². The molecule has 1 aliphatic heterocycles. The predicted octanol–water partition coefficient (Wildman–Crippen LogP) is 4.58. The number of rotatable bonds is 8. The second-order valence-corrected chi connectivity index (χ2v) is 8.41. The first-order valence-electron chi connectivity index (χ1n) is 9.86.